The predicted molar refractivity (Wildman–Crippen MR) is 64.6 cm³/mol. The highest BCUT2D eigenvalue weighted by Crippen LogP contribution is 2.21. The Kier molecular flexibility index (Phi) is 4.47. The van der Waals surface area contributed by atoms with Gasteiger partial charge in [0.1, 0.15) is 5.75 Å². The molecule has 0 heterocycles. The normalized spacial score (nSPS) is 15.3. The van der Waals surface area contributed by atoms with Crippen molar-refractivity contribution in [3.8, 4) is 5.75 Å². The van der Waals surface area contributed by atoms with E-state index in [2.05, 4.69) is 6.58 Å². The molecule has 0 saturated heterocycles. The number of carbonyl (C=O) groups is 1. The van der Waals surface area contributed by atoms with Gasteiger partial charge >= 0.3 is 11.9 Å². The van der Waals surface area contributed by atoms with Gasteiger partial charge in [0.2, 0.25) is 0 Å². The second-order valence-electron chi connectivity index (χ2n) is 3.89. The average molecular weight is 252 g/mol. The van der Waals surface area contributed by atoms with Gasteiger partial charge in [-0.15, -0.1) is 0 Å². The second-order valence-corrected chi connectivity index (χ2v) is 3.89. The van der Waals surface area contributed by atoms with Crippen molar-refractivity contribution in [1.29, 1.82) is 0 Å². The van der Waals surface area contributed by atoms with Crippen LogP contribution in [0, 0.1) is 0 Å². The fourth-order valence-corrected chi connectivity index (χ4v) is 1.07. The van der Waals surface area contributed by atoms with Gasteiger partial charge in [-0.05, 0) is 26.0 Å². The lowest BCUT2D eigenvalue weighted by Gasteiger charge is -2.30. The van der Waals surface area contributed by atoms with Crippen molar-refractivity contribution >= 4 is 5.97 Å². The van der Waals surface area contributed by atoms with E-state index in [9.17, 15) is 15.0 Å². The Morgan fingerprint density at radius 3 is 2.39 bits per heavy atom. The van der Waals surface area contributed by atoms with Crippen molar-refractivity contribution in [3.05, 3.63) is 42.5 Å². The molecule has 2 N–H and O–H groups in total. The molecule has 0 aliphatic carbocycles. The first-order chi connectivity index (χ1) is 8.35. The zero-order valence-electron chi connectivity index (χ0n) is 10.3. The third-order valence-corrected chi connectivity index (χ3v) is 2.12. The molecule has 0 amide bonds. The molecule has 0 aliphatic rings. The number of ether oxygens (including phenoxy) is 2. The first-order valence-electron chi connectivity index (χ1n) is 5.38. The van der Waals surface area contributed by atoms with Crippen molar-refractivity contribution in [2.24, 2.45) is 0 Å². The van der Waals surface area contributed by atoms with Crippen LogP contribution in [0.5, 0.6) is 5.75 Å². The van der Waals surface area contributed by atoms with Gasteiger partial charge in [-0.25, -0.2) is 4.79 Å². The minimum atomic E-state index is -2.45. The summed E-state index contributed by atoms with van der Waals surface area (Å²) in [7, 11) is 0. The first kappa shape index (κ1) is 14.2. The van der Waals surface area contributed by atoms with E-state index < -0.39 is 18.0 Å². The molecule has 5 nitrogen and oxygen atoms in total. The number of aliphatic hydroxyl groups excluding tert-OH is 1. The summed E-state index contributed by atoms with van der Waals surface area (Å²) >= 11 is 0. The quantitative estimate of drug-likeness (QED) is 0.468. The van der Waals surface area contributed by atoms with Gasteiger partial charge in [-0.1, -0.05) is 24.8 Å². The summed E-state index contributed by atoms with van der Waals surface area (Å²) < 4.78 is 9.82. The zero-order valence-corrected chi connectivity index (χ0v) is 10.3. The molecule has 0 aromatic heterocycles. The molecule has 0 saturated carbocycles. The van der Waals surface area contributed by atoms with Crippen LogP contribution in [0.1, 0.15) is 13.8 Å². The molecule has 1 aromatic carbocycles. The summed E-state index contributed by atoms with van der Waals surface area (Å²) in [6.07, 6.45) is -1.43. The van der Waals surface area contributed by atoms with Crippen LogP contribution in [0.25, 0.3) is 0 Å². The highest BCUT2D eigenvalue weighted by molar-refractivity contribution is 5.87. The average Bonchev–Trinajstić information content (AvgIpc) is 2.29. The third kappa shape index (κ3) is 3.58. The smallest absolute Gasteiger partial charge is 0.398 e. The Morgan fingerprint density at radius 1 is 1.39 bits per heavy atom. The Hall–Kier alpha value is -1.85. The van der Waals surface area contributed by atoms with Crippen molar-refractivity contribution in [2.45, 2.75) is 25.9 Å². The molecule has 0 fully saturated rings. The van der Waals surface area contributed by atoms with Crippen molar-refractivity contribution in [1.82, 2.24) is 0 Å². The number of aliphatic hydroxyl groups is 2. The molecular formula is C13H16O5. The number of carbonyl (C=O) groups excluding carboxylic acids is 1. The van der Waals surface area contributed by atoms with Gasteiger partial charge in [0.15, 0.2) is 6.10 Å². The van der Waals surface area contributed by atoms with E-state index in [4.69, 9.17) is 9.47 Å². The first-order valence-corrected chi connectivity index (χ1v) is 5.38. The van der Waals surface area contributed by atoms with E-state index in [0.29, 0.717) is 0 Å². The van der Waals surface area contributed by atoms with E-state index in [-0.39, 0.29) is 11.3 Å². The van der Waals surface area contributed by atoms with Crippen LogP contribution in [-0.4, -0.2) is 28.3 Å². The minimum Gasteiger partial charge on any atom is -0.428 e. The van der Waals surface area contributed by atoms with Crippen LogP contribution in [0.3, 0.4) is 0 Å². The monoisotopic (exact) mass is 252 g/mol. The fourth-order valence-electron chi connectivity index (χ4n) is 1.07. The van der Waals surface area contributed by atoms with Crippen LogP contribution in [0.2, 0.25) is 0 Å². The van der Waals surface area contributed by atoms with Gasteiger partial charge in [0, 0.05) is 5.57 Å². The van der Waals surface area contributed by atoms with E-state index in [1.165, 1.54) is 13.8 Å². The van der Waals surface area contributed by atoms with Crippen LogP contribution >= 0.6 is 0 Å². The van der Waals surface area contributed by atoms with Gasteiger partial charge in [-0.2, -0.15) is 0 Å². The summed E-state index contributed by atoms with van der Waals surface area (Å²) in [5.41, 5.74) is 0.0886. The summed E-state index contributed by atoms with van der Waals surface area (Å²) in [5.74, 6) is -3.04. The lowest BCUT2D eigenvalue weighted by molar-refractivity contribution is -0.337. The Bertz CT molecular complexity index is 426. The molecule has 2 unspecified atom stereocenters. The highest BCUT2D eigenvalue weighted by Gasteiger charge is 2.40. The SMILES string of the molecule is C=C(C)C(=O)OC(O)(Oc1ccccc1)C(C)O. The highest BCUT2D eigenvalue weighted by atomic mass is 16.8. The molecule has 0 bridgehead atoms. The largest absolute Gasteiger partial charge is 0.428 e. The van der Waals surface area contributed by atoms with Gasteiger partial charge in [-0.3, -0.25) is 0 Å². The molecule has 1 rings (SSSR count). The molecule has 0 spiro atoms. The van der Waals surface area contributed by atoms with E-state index in [0.717, 1.165) is 0 Å². The Labute approximate surface area is 105 Å². The van der Waals surface area contributed by atoms with Crippen LogP contribution in [0.15, 0.2) is 42.5 Å². The summed E-state index contributed by atoms with van der Waals surface area (Å²) in [4.78, 5) is 11.4. The van der Waals surface area contributed by atoms with E-state index in [1.54, 1.807) is 30.3 Å². The lowest BCUT2D eigenvalue weighted by atomic mass is 10.3. The topological polar surface area (TPSA) is 76.0 Å². The Morgan fingerprint density at radius 2 is 1.94 bits per heavy atom. The fraction of sp³-hybridized carbons (Fsp3) is 0.308. The maximum absolute atomic E-state index is 11.4. The molecule has 1 aromatic rings. The lowest BCUT2D eigenvalue weighted by Crippen LogP contribution is -2.50. The van der Waals surface area contributed by atoms with Crippen molar-refractivity contribution in [3.63, 3.8) is 0 Å². The maximum atomic E-state index is 11.4. The number of benzene rings is 1. The molecule has 5 heteroatoms. The zero-order chi connectivity index (χ0) is 13.8. The van der Waals surface area contributed by atoms with E-state index in [1.807, 2.05) is 0 Å². The predicted octanol–water partition coefficient (Wildman–Crippen LogP) is 1.21. The molecule has 18 heavy (non-hydrogen) atoms. The number of hydrogen-bond acceptors (Lipinski definition) is 5. The minimum absolute atomic E-state index is 0.0886. The van der Waals surface area contributed by atoms with Crippen molar-refractivity contribution < 1.29 is 24.5 Å². The van der Waals surface area contributed by atoms with Crippen molar-refractivity contribution in [2.75, 3.05) is 0 Å². The number of para-hydroxylation sites is 1. The summed E-state index contributed by atoms with van der Waals surface area (Å²) in [6.45, 7) is 6.05. The molecule has 2 atom stereocenters. The number of esters is 1. The van der Waals surface area contributed by atoms with Gasteiger partial charge in [0.25, 0.3) is 0 Å². The summed E-state index contributed by atoms with van der Waals surface area (Å²) in [6, 6.07) is 8.23. The van der Waals surface area contributed by atoms with Gasteiger partial charge in [0.05, 0.1) is 0 Å². The molecule has 98 valence electrons. The number of hydrogen-bond donors (Lipinski definition) is 2. The second kappa shape index (κ2) is 5.66. The van der Waals surface area contributed by atoms with Crippen LogP contribution in [0.4, 0.5) is 0 Å². The molecule has 0 radical (unpaired) electrons. The van der Waals surface area contributed by atoms with Gasteiger partial charge < -0.3 is 19.7 Å². The summed E-state index contributed by atoms with van der Waals surface area (Å²) in [5, 5.41) is 19.5. The Balaban J connectivity index is 2.87. The molecule has 0 aliphatic heterocycles. The third-order valence-electron chi connectivity index (χ3n) is 2.12. The van der Waals surface area contributed by atoms with Crippen LogP contribution < -0.4 is 4.74 Å². The number of rotatable bonds is 5. The standard InChI is InChI=1S/C13H16O5/c1-9(2)12(15)18-13(16,10(3)14)17-11-7-5-4-6-8-11/h4-8,10,14,16H,1H2,2-3H3. The molecular weight excluding hydrogens is 236 g/mol. The van der Waals surface area contributed by atoms with E-state index >= 15 is 0 Å². The maximum Gasteiger partial charge on any atom is 0.398 e. The van der Waals surface area contributed by atoms with Crippen LogP contribution in [-0.2, 0) is 9.53 Å².